The van der Waals surface area contributed by atoms with Crippen molar-refractivity contribution in [1.82, 2.24) is 20.2 Å². The van der Waals surface area contributed by atoms with Gasteiger partial charge in [-0.15, -0.1) is 5.10 Å². The Labute approximate surface area is 106 Å². The highest BCUT2D eigenvalue weighted by atomic mass is 16.4. The van der Waals surface area contributed by atoms with Crippen LogP contribution in [0, 0.1) is 5.92 Å². The van der Waals surface area contributed by atoms with Crippen molar-refractivity contribution in [2.45, 2.75) is 57.9 Å². The fraction of sp³-hybridized carbons (Fsp3) is 0.833. The van der Waals surface area contributed by atoms with Crippen LogP contribution in [0.3, 0.4) is 0 Å². The number of tetrazole rings is 1. The van der Waals surface area contributed by atoms with Gasteiger partial charge in [-0.2, -0.15) is 0 Å². The van der Waals surface area contributed by atoms with E-state index in [4.69, 9.17) is 5.11 Å². The zero-order valence-corrected chi connectivity index (χ0v) is 10.7. The minimum absolute atomic E-state index is 0.0610. The lowest BCUT2D eigenvalue weighted by atomic mass is 10.1. The Morgan fingerprint density at radius 1 is 1.50 bits per heavy atom. The van der Waals surface area contributed by atoms with E-state index >= 15 is 0 Å². The lowest BCUT2D eigenvalue weighted by Crippen LogP contribution is -2.19. The minimum atomic E-state index is -0.776. The van der Waals surface area contributed by atoms with E-state index in [1.807, 2.05) is 0 Å². The number of carboxylic acid groups (broad SMARTS) is 1. The van der Waals surface area contributed by atoms with Crippen LogP contribution in [0.2, 0.25) is 0 Å². The monoisotopic (exact) mass is 252 g/mol. The molecule has 2 rings (SSSR count). The summed E-state index contributed by atoms with van der Waals surface area (Å²) in [5.41, 5.74) is 0. The fourth-order valence-electron chi connectivity index (χ4n) is 2.28. The second-order valence-corrected chi connectivity index (χ2v) is 5.00. The number of carbonyl (C=O) groups is 1. The highest BCUT2D eigenvalue weighted by Gasteiger charge is 2.36. The van der Waals surface area contributed by atoms with Crippen LogP contribution in [-0.2, 0) is 11.2 Å². The van der Waals surface area contributed by atoms with Gasteiger partial charge in [0.15, 0.2) is 5.82 Å². The molecule has 1 N–H and O–H groups in total. The SMILES string of the molecule is CCCCCc1nnnn1C(CC(=O)O)C1CC1. The third-order valence-electron chi connectivity index (χ3n) is 3.43. The summed E-state index contributed by atoms with van der Waals surface area (Å²) in [5, 5.41) is 20.7. The molecule has 18 heavy (non-hydrogen) atoms. The normalized spacial score (nSPS) is 16.7. The molecular weight excluding hydrogens is 232 g/mol. The Balaban J connectivity index is 2.04. The molecule has 1 unspecified atom stereocenters. The van der Waals surface area contributed by atoms with Gasteiger partial charge in [0.25, 0.3) is 0 Å². The van der Waals surface area contributed by atoms with Gasteiger partial charge < -0.3 is 5.11 Å². The summed E-state index contributed by atoms with van der Waals surface area (Å²) in [7, 11) is 0. The van der Waals surface area contributed by atoms with Gasteiger partial charge in [0.05, 0.1) is 12.5 Å². The first-order valence-corrected chi connectivity index (χ1v) is 6.71. The van der Waals surface area contributed by atoms with Crippen LogP contribution in [0.4, 0.5) is 0 Å². The summed E-state index contributed by atoms with van der Waals surface area (Å²) in [6.07, 6.45) is 6.50. The number of rotatable bonds is 8. The average molecular weight is 252 g/mol. The molecule has 0 saturated heterocycles. The standard InChI is InChI=1S/C12H20N4O2/c1-2-3-4-5-11-13-14-15-16(11)10(8-12(17)18)9-6-7-9/h9-10H,2-8H2,1H3,(H,17,18). The van der Waals surface area contributed by atoms with Crippen LogP contribution in [-0.4, -0.2) is 31.3 Å². The van der Waals surface area contributed by atoms with Gasteiger partial charge in [-0.3, -0.25) is 4.79 Å². The smallest absolute Gasteiger partial charge is 0.305 e. The quantitative estimate of drug-likeness (QED) is 0.714. The lowest BCUT2D eigenvalue weighted by Gasteiger charge is -2.15. The predicted molar refractivity (Wildman–Crippen MR) is 65.1 cm³/mol. The highest BCUT2D eigenvalue weighted by Crippen LogP contribution is 2.41. The van der Waals surface area contributed by atoms with Crippen molar-refractivity contribution in [3.63, 3.8) is 0 Å². The third kappa shape index (κ3) is 3.27. The van der Waals surface area contributed by atoms with Crippen LogP contribution in [0.25, 0.3) is 0 Å². The molecule has 6 heteroatoms. The van der Waals surface area contributed by atoms with E-state index < -0.39 is 5.97 Å². The number of aryl methyl sites for hydroxylation is 1. The Morgan fingerprint density at radius 3 is 2.89 bits per heavy atom. The molecule has 0 spiro atoms. The second kappa shape index (κ2) is 5.93. The molecule has 1 aliphatic carbocycles. The summed E-state index contributed by atoms with van der Waals surface area (Å²) in [4.78, 5) is 10.9. The molecule has 0 amide bonds. The van der Waals surface area contributed by atoms with Gasteiger partial charge in [0.2, 0.25) is 0 Å². The van der Waals surface area contributed by atoms with E-state index in [1.54, 1.807) is 4.68 Å². The van der Waals surface area contributed by atoms with Gasteiger partial charge in [-0.1, -0.05) is 19.8 Å². The summed E-state index contributed by atoms with van der Waals surface area (Å²) in [5.74, 6) is 0.498. The van der Waals surface area contributed by atoms with Crippen LogP contribution in [0.5, 0.6) is 0 Å². The zero-order valence-electron chi connectivity index (χ0n) is 10.7. The Morgan fingerprint density at radius 2 is 2.28 bits per heavy atom. The number of unbranched alkanes of at least 4 members (excludes halogenated alkanes) is 2. The zero-order chi connectivity index (χ0) is 13.0. The molecule has 100 valence electrons. The van der Waals surface area contributed by atoms with Gasteiger partial charge in [-0.05, 0) is 35.6 Å². The lowest BCUT2D eigenvalue weighted by molar-refractivity contribution is -0.138. The van der Waals surface area contributed by atoms with Crippen molar-refractivity contribution in [3.05, 3.63) is 5.82 Å². The highest BCUT2D eigenvalue weighted by molar-refractivity contribution is 5.67. The maximum atomic E-state index is 10.9. The molecule has 1 aliphatic rings. The second-order valence-electron chi connectivity index (χ2n) is 5.00. The summed E-state index contributed by atoms with van der Waals surface area (Å²) < 4.78 is 1.75. The van der Waals surface area contributed by atoms with Crippen molar-refractivity contribution in [2.24, 2.45) is 5.92 Å². The molecule has 0 radical (unpaired) electrons. The first-order valence-electron chi connectivity index (χ1n) is 6.71. The molecule has 0 bridgehead atoms. The van der Waals surface area contributed by atoms with Gasteiger partial charge >= 0.3 is 5.97 Å². The molecule has 0 aromatic carbocycles. The van der Waals surface area contributed by atoms with Crippen LogP contribution >= 0.6 is 0 Å². The Bertz CT molecular complexity index is 401. The van der Waals surface area contributed by atoms with Crippen molar-refractivity contribution >= 4 is 5.97 Å². The number of hydrogen-bond donors (Lipinski definition) is 1. The van der Waals surface area contributed by atoms with E-state index in [9.17, 15) is 4.79 Å². The van der Waals surface area contributed by atoms with Crippen molar-refractivity contribution in [1.29, 1.82) is 0 Å². The van der Waals surface area contributed by atoms with E-state index in [1.165, 1.54) is 0 Å². The van der Waals surface area contributed by atoms with Crippen LogP contribution in [0.1, 0.15) is 57.3 Å². The maximum Gasteiger partial charge on any atom is 0.305 e. The number of aromatic nitrogens is 4. The first-order chi connectivity index (χ1) is 8.72. The Hall–Kier alpha value is -1.46. The summed E-state index contributed by atoms with van der Waals surface area (Å²) in [6, 6.07) is -0.0610. The topological polar surface area (TPSA) is 80.9 Å². The van der Waals surface area contributed by atoms with Crippen molar-refractivity contribution in [2.75, 3.05) is 0 Å². The van der Waals surface area contributed by atoms with E-state index in [0.29, 0.717) is 5.92 Å². The van der Waals surface area contributed by atoms with Crippen LogP contribution < -0.4 is 0 Å². The van der Waals surface area contributed by atoms with Crippen molar-refractivity contribution in [3.8, 4) is 0 Å². The number of hydrogen-bond acceptors (Lipinski definition) is 4. The van der Waals surface area contributed by atoms with Gasteiger partial charge in [0.1, 0.15) is 0 Å². The molecule has 1 aromatic rings. The molecule has 1 heterocycles. The summed E-state index contributed by atoms with van der Waals surface area (Å²) >= 11 is 0. The third-order valence-corrected chi connectivity index (χ3v) is 3.43. The Kier molecular flexibility index (Phi) is 4.28. The van der Waals surface area contributed by atoms with Crippen molar-refractivity contribution < 1.29 is 9.90 Å². The molecule has 1 fully saturated rings. The largest absolute Gasteiger partial charge is 0.481 e. The van der Waals surface area contributed by atoms with E-state index in [2.05, 4.69) is 22.4 Å². The molecule has 1 aromatic heterocycles. The molecule has 6 nitrogen and oxygen atoms in total. The van der Waals surface area contributed by atoms with Gasteiger partial charge in [-0.25, -0.2) is 4.68 Å². The first kappa shape index (κ1) is 13.0. The minimum Gasteiger partial charge on any atom is -0.481 e. The fourth-order valence-corrected chi connectivity index (χ4v) is 2.28. The molecule has 0 aliphatic heterocycles. The number of carboxylic acids is 1. The maximum absolute atomic E-state index is 10.9. The number of nitrogens with zero attached hydrogens (tertiary/aromatic N) is 4. The molecule has 1 atom stereocenters. The number of aliphatic carboxylic acids is 1. The van der Waals surface area contributed by atoms with Crippen LogP contribution in [0.15, 0.2) is 0 Å². The average Bonchev–Trinajstić information content (AvgIpc) is 3.06. The summed E-state index contributed by atoms with van der Waals surface area (Å²) in [6.45, 7) is 2.15. The van der Waals surface area contributed by atoms with Gasteiger partial charge in [0, 0.05) is 6.42 Å². The van der Waals surface area contributed by atoms with E-state index in [0.717, 1.165) is 44.3 Å². The molecular formula is C12H20N4O2. The predicted octanol–water partition coefficient (Wildman–Crippen LogP) is 1.83. The van der Waals surface area contributed by atoms with E-state index in [-0.39, 0.29) is 12.5 Å². The molecule has 1 saturated carbocycles.